The number of carbonyl (C=O) groups excluding carboxylic acids is 3. The molecule has 1 aromatic rings. The summed E-state index contributed by atoms with van der Waals surface area (Å²) >= 11 is 0. The molecule has 1 aliphatic heterocycles. The number of rotatable bonds is 8. The number of ether oxygens (including phenoxy) is 5. The summed E-state index contributed by atoms with van der Waals surface area (Å²) in [5, 5.41) is 3.24. The molecule has 0 radical (unpaired) electrons. The molecule has 35 heavy (non-hydrogen) atoms. The molecule has 0 spiro atoms. The zero-order chi connectivity index (χ0) is 25.9. The minimum Gasteiger partial charge on any atom is -0.496 e. The molecule has 0 fully saturated rings. The molecule has 3 rings (SSSR count). The van der Waals surface area contributed by atoms with Gasteiger partial charge in [-0.05, 0) is 31.7 Å². The summed E-state index contributed by atoms with van der Waals surface area (Å²) < 4.78 is 27.0. The number of hydrogen-bond donors (Lipinski definition) is 1. The topological polar surface area (TPSA) is 109 Å². The van der Waals surface area contributed by atoms with E-state index in [4.69, 9.17) is 23.7 Å². The van der Waals surface area contributed by atoms with Gasteiger partial charge >= 0.3 is 11.9 Å². The fraction of sp³-hybridized carbons (Fsp3) is 0.500. The Hall–Kier alpha value is -3.49. The molecule has 1 aromatic carbocycles. The molecule has 9 nitrogen and oxygen atoms in total. The van der Waals surface area contributed by atoms with Crippen molar-refractivity contribution in [1.29, 1.82) is 0 Å². The van der Waals surface area contributed by atoms with E-state index in [0.29, 0.717) is 52.6 Å². The van der Waals surface area contributed by atoms with Gasteiger partial charge in [-0.15, -0.1) is 0 Å². The van der Waals surface area contributed by atoms with Crippen LogP contribution in [-0.2, 0) is 23.9 Å². The summed E-state index contributed by atoms with van der Waals surface area (Å²) in [5.74, 6) is -2.43. The Balaban J connectivity index is 2.30. The van der Waals surface area contributed by atoms with Crippen molar-refractivity contribution in [3.63, 3.8) is 0 Å². The summed E-state index contributed by atoms with van der Waals surface area (Å²) in [7, 11) is 5.76. The summed E-state index contributed by atoms with van der Waals surface area (Å²) in [4.78, 5) is 39.7. The molecule has 0 saturated heterocycles. The van der Waals surface area contributed by atoms with Crippen LogP contribution in [0.2, 0.25) is 0 Å². The van der Waals surface area contributed by atoms with Gasteiger partial charge in [-0.2, -0.15) is 0 Å². The highest BCUT2D eigenvalue weighted by atomic mass is 16.5. The van der Waals surface area contributed by atoms with Gasteiger partial charge in [-0.25, -0.2) is 4.79 Å². The highest BCUT2D eigenvalue weighted by Crippen LogP contribution is 2.49. The van der Waals surface area contributed by atoms with Crippen LogP contribution >= 0.6 is 0 Å². The minimum absolute atomic E-state index is 0.229. The van der Waals surface area contributed by atoms with Crippen molar-refractivity contribution < 1.29 is 38.1 Å². The third-order valence-electron chi connectivity index (χ3n) is 6.45. The van der Waals surface area contributed by atoms with Gasteiger partial charge in [0, 0.05) is 28.6 Å². The number of dihydropyridines is 1. The van der Waals surface area contributed by atoms with Gasteiger partial charge in [-0.1, -0.05) is 13.8 Å². The molecule has 1 aliphatic carbocycles. The van der Waals surface area contributed by atoms with Crippen molar-refractivity contribution in [3.8, 4) is 17.2 Å². The average Bonchev–Trinajstić information content (AvgIpc) is 2.85. The molecule has 0 bridgehead atoms. The third kappa shape index (κ3) is 4.72. The van der Waals surface area contributed by atoms with E-state index in [-0.39, 0.29) is 18.1 Å². The van der Waals surface area contributed by atoms with Crippen molar-refractivity contribution in [2.75, 3.05) is 35.0 Å². The number of hydrogen-bond acceptors (Lipinski definition) is 9. The number of nitrogens with one attached hydrogen (secondary N) is 1. The van der Waals surface area contributed by atoms with Crippen LogP contribution in [0, 0.1) is 11.8 Å². The molecule has 0 saturated carbocycles. The smallest absolute Gasteiger partial charge is 0.336 e. The quantitative estimate of drug-likeness (QED) is 0.436. The van der Waals surface area contributed by atoms with E-state index in [0.717, 1.165) is 0 Å². The molecule has 0 unspecified atom stereocenters. The maximum atomic E-state index is 13.9. The normalized spacial score (nSPS) is 21.7. The first-order valence-corrected chi connectivity index (χ1v) is 11.5. The Labute approximate surface area is 205 Å². The second kappa shape index (κ2) is 10.8. The average molecular weight is 488 g/mol. The van der Waals surface area contributed by atoms with E-state index in [9.17, 15) is 14.4 Å². The van der Waals surface area contributed by atoms with Crippen LogP contribution in [0.25, 0.3) is 0 Å². The summed E-state index contributed by atoms with van der Waals surface area (Å²) in [6, 6.07) is 3.34. The molecule has 0 aromatic heterocycles. The zero-order valence-corrected chi connectivity index (χ0v) is 21.3. The van der Waals surface area contributed by atoms with E-state index in [1.54, 1.807) is 19.1 Å². The van der Waals surface area contributed by atoms with Crippen molar-refractivity contribution in [2.24, 2.45) is 11.8 Å². The summed E-state index contributed by atoms with van der Waals surface area (Å²) in [6.45, 7) is 5.73. The van der Waals surface area contributed by atoms with Crippen LogP contribution in [0.4, 0.5) is 0 Å². The van der Waals surface area contributed by atoms with Crippen LogP contribution in [0.1, 0.15) is 45.1 Å². The minimum atomic E-state index is -0.986. The second-order valence-electron chi connectivity index (χ2n) is 8.62. The Morgan fingerprint density at radius 1 is 1.03 bits per heavy atom. The Kier molecular flexibility index (Phi) is 8.09. The molecular formula is C26H33NO8. The SMILES string of the molecule is CCCOC(=O)C1=C(C)NC2=C(C(=O)[C@H](C(=O)OC)[C@H](C)C2)[C@H]1c1cc(OC)c(OC)cc1OC. The first kappa shape index (κ1) is 26.1. The van der Waals surface area contributed by atoms with Crippen LogP contribution in [0.15, 0.2) is 34.7 Å². The highest BCUT2D eigenvalue weighted by molar-refractivity contribution is 6.12. The number of Topliss-reactive ketones (excluding diaryl/α,β-unsaturated/α-hetero) is 1. The Bertz CT molecular complexity index is 1090. The van der Waals surface area contributed by atoms with E-state index in [1.165, 1.54) is 28.4 Å². The van der Waals surface area contributed by atoms with Gasteiger partial charge < -0.3 is 29.0 Å². The fourth-order valence-corrected chi connectivity index (χ4v) is 4.81. The molecule has 2 aliphatic rings. The van der Waals surface area contributed by atoms with Crippen LogP contribution in [0.3, 0.4) is 0 Å². The van der Waals surface area contributed by atoms with Crippen molar-refractivity contribution in [3.05, 3.63) is 40.2 Å². The van der Waals surface area contributed by atoms with Crippen LogP contribution < -0.4 is 19.5 Å². The molecular weight excluding hydrogens is 454 g/mol. The number of esters is 2. The first-order valence-electron chi connectivity index (χ1n) is 11.5. The van der Waals surface area contributed by atoms with E-state index in [1.807, 2.05) is 13.8 Å². The number of benzene rings is 1. The molecule has 1 N–H and O–H groups in total. The lowest BCUT2D eigenvalue weighted by atomic mass is 9.69. The number of methoxy groups -OCH3 is 4. The maximum Gasteiger partial charge on any atom is 0.336 e. The molecule has 1 heterocycles. The number of allylic oxidation sites excluding steroid dienone is 3. The fourth-order valence-electron chi connectivity index (χ4n) is 4.81. The van der Waals surface area contributed by atoms with Gasteiger partial charge in [0.15, 0.2) is 17.3 Å². The summed E-state index contributed by atoms with van der Waals surface area (Å²) in [6.07, 6.45) is 1.08. The molecule has 0 amide bonds. The largest absolute Gasteiger partial charge is 0.496 e. The van der Waals surface area contributed by atoms with E-state index < -0.39 is 29.6 Å². The number of ketones is 1. The lowest BCUT2D eigenvalue weighted by Gasteiger charge is -2.38. The molecule has 9 heteroatoms. The number of carbonyl (C=O) groups is 3. The molecule has 3 atom stereocenters. The Morgan fingerprint density at radius 2 is 1.66 bits per heavy atom. The van der Waals surface area contributed by atoms with Crippen LogP contribution in [0.5, 0.6) is 17.2 Å². The van der Waals surface area contributed by atoms with Gasteiger partial charge in [0.2, 0.25) is 0 Å². The van der Waals surface area contributed by atoms with Crippen molar-refractivity contribution in [2.45, 2.75) is 39.5 Å². The maximum absolute atomic E-state index is 13.9. The molecule has 190 valence electrons. The second-order valence-corrected chi connectivity index (χ2v) is 8.62. The van der Waals surface area contributed by atoms with Crippen molar-refractivity contribution in [1.82, 2.24) is 5.32 Å². The lowest BCUT2D eigenvalue weighted by Crippen LogP contribution is -2.43. The standard InChI is InChI=1S/C26H33NO8/c1-8-9-35-26(30)21-14(3)27-16-10-13(2)20(25(29)34-7)24(28)23(16)22(21)15-11-18(32-5)19(33-6)12-17(15)31-4/h11-13,20,22,27H,8-10H2,1-7H3/t13-,20-,22+/m1/s1. The monoisotopic (exact) mass is 487 g/mol. The van der Waals surface area contributed by atoms with Gasteiger partial charge in [0.25, 0.3) is 0 Å². The summed E-state index contributed by atoms with van der Waals surface area (Å²) in [5.41, 5.74) is 2.35. The van der Waals surface area contributed by atoms with Crippen LogP contribution in [-0.4, -0.2) is 52.8 Å². The van der Waals surface area contributed by atoms with Gasteiger partial charge in [0.05, 0.1) is 46.5 Å². The van der Waals surface area contributed by atoms with E-state index >= 15 is 0 Å². The highest BCUT2D eigenvalue weighted by Gasteiger charge is 2.48. The third-order valence-corrected chi connectivity index (χ3v) is 6.45. The van der Waals surface area contributed by atoms with Gasteiger partial charge in [-0.3, -0.25) is 9.59 Å². The predicted octanol–water partition coefficient (Wildman–Crippen LogP) is 3.28. The zero-order valence-electron chi connectivity index (χ0n) is 21.3. The van der Waals surface area contributed by atoms with Gasteiger partial charge in [0.1, 0.15) is 11.7 Å². The predicted molar refractivity (Wildman–Crippen MR) is 127 cm³/mol. The lowest BCUT2D eigenvalue weighted by molar-refractivity contribution is -0.151. The Morgan fingerprint density at radius 3 is 2.23 bits per heavy atom. The van der Waals surface area contributed by atoms with E-state index in [2.05, 4.69) is 5.32 Å². The first-order chi connectivity index (χ1) is 16.7. The van der Waals surface area contributed by atoms with Crippen molar-refractivity contribution >= 4 is 17.7 Å².